The molecule has 0 amide bonds. The summed E-state index contributed by atoms with van der Waals surface area (Å²) in [4.78, 5) is 0. The topological polar surface area (TPSA) is 0 Å². The maximum atomic E-state index is 2.33. The van der Waals surface area contributed by atoms with Gasteiger partial charge in [-0.3, -0.25) is 0 Å². The van der Waals surface area contributed by atoms with Crippen LogP contribution >= 0.6 is 0 Å². The van der Waals surface area contributed by atoms with Crippen molar-refractivity contribution >= 4 is 38.8 Å². The number of hydrogen-bond acceptors (Lipinski definition) is 0. The van der Waals surface area contributed by atoms with Gasteiger partial charge in [-0.15, -0.1) is 0 Å². The van der Waals surface area contributed by atoms with Crippen molar-refractivity contribution in [2.45, 2.75) is 23.5 Å². The fourth-order valence-electron chi connectivity index (χ4n) is 2.20. The third kappa shape index (κ3) is 2.73. The Kier molecular flexibility index (Phi) is 4.23. The van der Waals surface area contributed by atoms with Crippen LogP contribution in [0.5, 0.6) is 0 Å². The van der Waals surface area contributed by atoms with Crippen LogP contribution in [0.2, 0.25) is 10.6 Å². The van der Waals surface area contributed by atoms with E-state index in [1.807, 2.05) is 0 Å². The van der Waals surface area contributed by atoms with Crippen LogP contribution in [0.25, 0.3) is 11.1 Å². The Morgan fingerprint density at radius 3 is 1.56 bits per heavy atom. The molecule has 18 heavy (non-hydrogen) atoms. The molecular formula is C16H16Se2. The Labute approximate surface area is 122 Å². The summed E-state index contributed by atoms with van der Waals surface area (Å²) in [5, 5.41) is 2.81. The van der Waals surface area contributed by atoms with Gasteiger partial charge < -0.3 is 0 Å². The quantitative estimate of drug-likeness (QED) is 0.629. The molecule has 0 unspecified atom stereocenters. The third-order valence-corrected chi connectivity index (χ3v) is 7.98. The summed E-state index contributed by atoms with van der Waals surface area (Å²) in [5.41, 5.74) is 2.99. The number of benzene rings is 2. The van der Waals surface area contributed by atoms with Gasteiger partial charge in [0.2, 0.25) is 0 Å². The van der Waals surface area contributed by atoms with Gasteiger partial charge in [0, 0.05) is 0 Å². The van der Waals surface area contributed by atoms with Gasteiger partial charge in [0.1, 0.15) is 0 Å². The fourth-order valence-corrected chi connectivity index (χ4v) is 6.72. The Bertz CT molecular complexity index is 485. The summed E-state index contributed by atoms with van der Waals surface area (Å²) < 4.78 is 3.19. The molecule has 0 fully saturated rings. The minimum absolute atomic E-state index is 0.647. The molecule has 0 aromatic heterocycles. The number of hydrogen-bond donors (Lipinski definition) is 0. The molecule has 0 radical (unpaired) electrons. The summed E-state index contributed by atoms with van der Waals surface area (Å²) in [6, 6.07) is 18.1. The SMILES string of the molecule is c1ccc2c(c1)[Se]CCCC[Se]c1ccccc1-2. The van der Waals surface area contributed by atoms with Crippen molar-refractivity contribution in [2.24, 2.45) is 0 Å². The summed E-state index contributed by atoms with van der Waals surface area (Å²) in [6.07, 6.45) is 2.83. The summed E-state index contributed by atoms with van der Waals surface area (Å²) in [6.45, 7) is 0. The van der Waals surface area contributed by atoms with Crippen molar-refractivity contribution in [3.63, 3.8) is 0 Å². The van der Waals surface area contributed by atoms with Gasteiger partial charge in [0.05, 0.1) is 0 Å². The van der Waals surface area contributed by atoms with Crippen molar-refractivity contribution < 1.29 is 0 Å². The van der Waals surface area contributed by atoms with Crippen LogP contribution in [-0.2, 0) is 0 Å². The van der Waals surface area contributed by atoms with E-state index < -0.39 is 0 Å². The van der Waals surface area contributed by atoms with E-state index in [1.54, 1.807) is 8.92 Å². The molecule has 0 atom stereocenters. The second-order valence-corrected chi connectivity index (χ2v) is 9.17. The molecule has 0 saturated heterocycles. The van der Waals surface area contributed by atoms with Crippen molar-refractivity contribution in [2.75, 3.05) is 0 Å². The summed E-state index contributed by atoms with van der Waals surface area (Å²) in [7, 11) is 0. The predicted molar refractivity (Wildman–Crippen MR) is 81.5 cm³/mol. The Morgan fingerprint density at radius 2 is 1.06 bits per heavy atom. The van der Waals surface area contributed by atoms with E-state index in [0.717, 1.165) is 0 Å². The van der Waals surface area contributed by atoms with Crippen LogP contribution in [0.15, 0.2) is 48.5 Å². The zero-order valence-corrected chi connectivity index (χ0v) is 13.7. The monoisotopic (exact) mass is 368 g/mol. The van der Waals surface area contributed by atoms with Gasteiger partial charge in [-0.05, 0) is 0 Å². The molecule has 1 aliphatic heterocycles. The third-order valence-electron chi connectivity index (χ3n) is 3.12. The maximum absolute atomic E-state index is 2.33. The van der Waals surface area contributed by atoms with Gasteiger partial charge in [-0.25, -0.2) is 0 Å². The first-order chi connectivity index (χ1) is 8.95. The van der Waals surface area contributed by atoms with E-state index in [9.17, 15) is 0 Å². The van der Waals surface area contributed by atoms with Crippen molar-refractivity contribution in [3.8, 4) is 11.1 Å². The molecule has 1 aliphatic rings. The standard InChI is InChI=1S/C16H16Se2/c1-3-9-15-13(7-1)14-8-2-4-10-16(14)18-12-6-5-11-17-15/h1-4,7-10H,5-6,11-12H2. The van der Waals surface area contributed by atoms with E-state index in [1.165, 1.54) is 34.6 Å². The van der Waals surface area contributed by atoms with Gasteiger partial charge in [0.15, 0.2) is 0 Å². The summed E-state index contributed by atoms with van der Waals surface area (Å²) >= 11 is 1.29. The van der Waals surface area contributed by atoms with E-state index in [-0.39, 0.29) is 0 Å². The molecule has 0 bridgehead atoms. The molecule has 0 nitrogen and oxygen atoms in total. The zero-order valence-electron chi connectivity index (χ0n) is 10.3. The fraction of sp³-hybridized carbons (Fsp3) is 0.250. The normalized spacial score (nSPS) is 15.6. The Hall–Kier alpha value is -0.521. The zero-order chi connectivity index (χ0) is 12.2. The van der Waals surface area contributed by atoms with Crippen LogP contribution in [0.4, 0.5) is 0 Å². The molecule has 0 saturated carbocycles. The van der Waals surface area contributed by atoms with Gasteiger partial charge in [0.25, 0.3) is 0 Å². The van der Waals surface area contributed by atoms with Crippen molar-refractivity contribution in [1.82, 2.24) is 0 Å². The number of rotatable bonds is 0. The molecule has 92 valence electrons. The first kappa shape index (κ1) is 12.5. The van der Waals surface area contributed by atoms with Crippen molar-refractivity contribution in [1.29, 1.82) is 0 Å². The molecule has 0 N–H and O–H groups in total. The second kappa shape index (κ2) is 6.08. The van der Waals surface area contributed by atoms with E-state index in [4.69, 9.17) is 0 Å². The Balaban J connectivity index is 2.12. The Morgan fingerprint density at radius 1 is 0.611 bits per heavy atom. The predicted octanol–water partition coefficient (Wildman–Crippen LogP) is 2.64. The van der Waals surface area contributed by atoms with Crippen molar-refractivity contribution in [3.05, 3.63) is 48.5 Å². The molecular weight excluding hydrogens is 350 g/mol. The summed E-state index contributed by atoms with van der Waals surface area (Å²) in [5.74, 6) is 0. The van der Waals surface area contributed by atoms with Crippen LogP contribution in [0.3, 0.4) is 0 Å². The molecule has 3 rings (SSSR count). The molecule has 2 aromatic carbocycles. The molecule has 2 heteroatoms. The van der Waals surface area contributed by atoms with Crippen LogP contribution in [0, 0.1) is 0 Å². The second-order valence-electron chi connectivity index (χ2n) is 4.40. The molecule has 1 heterocycles. The van der Waals surface area contributed by atoms with E-state index in [0.29, 0.717) is 29.9 Å². The van der Waals surface area contributed by atoms with Crippen LogP contribution in [-0.4, -0.2) is 29.9 Å². The van der Waals surface area contributed by atoms with E-state index >= 15 is 0 Å². The molecule has 2 aromatic rings. The van der Waals surface area contributed by atoms with Crippen LogP contribution in [0.1, 0.15) is 12.8 Å². The first-order valence-electron chi connectivity index (χ1n) is 6.39. The minimum atomic E-state index is 0.647. The first-order valence-corrected chi connectivity index (χ1v) is 10.5. The van der Waals surface area contributed by atoms with Gasteiger partial charge in [-0.2, -0.15) is 0 Å². The van der Waals surface area contributed by atoms with E-state index in [2.05, 4.69) is 48.5 Å². The van der Waals surface area contributed by atoms with Gasteiger partial charge >= 0.3 is 122 Å². The average molecular weight is 366 g/mol. The van der Waals surface area contributed by atoms with Gasteiger partial charge in [-0.1, -0.05) is 0 Å². The molecule has 0 spiro atoms. The van der Waals surface area contributed by atoms with Crippen LogP contribution < -0.4 is 8.92 Å². The molecule has 0 aliphatic carbocycles. The average Bonchev–Trinajstić information content (AvgIpc) is 2.44. The number of fused-ring (bicyclic) bond motifs is 3.